The first-order valence-corrected chi connectivity index (χ1v) is 6.59. The smallest absolute Gasteiger partial charge is 0.257 e. The number of hydrogen-bond acceptors (Lipinski definition) is 3. The van der Waals surface area contributed by atoms with Gasteiger partial charge in [0.25, 0.3) is 5.56 Å². The van der Waals surface area contributed by atoms with Crippen molar-refractivity contribution >= 4 is 16.6 Å². The van der Waals surface area contributed by atoms with Gasteiger partial charge in [0, 0.05) is 11.4 Å². The third-order valence-corrected chi connectivity index (χ3v) is 3.16. The number of rotatable bonds is 5. The van der Waals surface area contributed by atoms with Crippen molar-refractivity contribution in [2.24, 2.45) is 0 Å². The molecule has 2 aromatic rings. The number of nitrogens with one attached hydrogen (secondary N) is 2. The summed E-state index contributed by atoms with van der Waals surface area (Å²) in [5.74, 6) is 0.787. The highest BCUT2D eigenvalue weighted by Crippen LogP contribution is 2.13. The van der Waals surface area contributed by atoms with Crippen molar-refractivity contribution in [2.45, 2.75) is 19.4 Å². The lowest BCUT2D eigenvalue weighted by Crippen LogP contribution is -2.24. The van der Waals surface area contributed by atoms with Crippen LogP contribution in [0.1, 0.15) is 13.3 Å². The normalized spacial score (nSPS) is 12.8. The molecule has 0 fully saturated rings. The monoisotopic (exact) mass is 259 g/mol. The number of aromatic nitrogens is 1. The molecule has 19 heavy (non-hydrogen) atoms. The van der Waals surface area contributed by atoms with Crippen LogP contribution in [0.5, 0.6) is 0 Å². The predicted octanol–water partition coefficient (Wildman–Crippen LogP) is 2.28. The molecular weight excluding hydrogens is 238 g/mol. The first kappa shape index (κ1) is 13.6. The van der Waals surface area contributed by atoms with Gasteiger partial charge in [-0.3, -0.25) is 4.79 Å². The zero-order chi connectivity index (χ0) is 13.8. The van der Waals surface area contributed by atoms with E-state index in [4.69, 9.17) is 0 Å². The van der Waals surface area contributed by atoms with Crippen LogP contribution in [0.2, 0.25) is 0 Å². The fourth-order valence-electron chi connectivity index (χ4n) is 2.08. The first-order valence-electron chi connectivity index (χ1n) is 6.59. The van der Waals surface area contributed by atoms with Crippen LogP contribution in [0.3, 0.4) is 0 Å². The Morgan fingerprint density at radius 1 is 1.32 bits per heavy atom. The molecule has 0 amide bonds. The van der Waals surface area contributed by atoms with Gasteiger partial charge < -0.3 is 15.2 Å². The molecule has 1 aromatic carbocycles. The van der Waals surface area contributed by atoms with Crippen LogP contribution in [0.4, 0.5) is 5.82 Å². The third-order valence-electron chi connectivity index (χ3n) is 3.16. The van der Waals surface area contributed by atoms with Crippen molar-refractivity contribution in [3.8, 4) is 0 Å². The second kappa shape index (κ2) is 5.89. The minimum Gasteiger partial charge on any atom is -0.369 e. The molecule has 1 atom stereocenters. The van der Waals surface area contributed by atoms with Crippen LogP contribution < -0.4 is 10.9 Å². The fourth-order valence-corrected chi connectivity index (χ4v) is 2.08. The summed E-state index contributed by atoms with van der Waals surface area (Å²) in [5, 5.41) is 5.04. The maximum absolute atomic E-state index is 11.9. The van der Waals surface area contributed by atoms with Crippen molar-refractivity contribution in [2.75, 3.05) is 26.0 Å². The number of anilines is 1. The molecule has 102 valence electrons. The van der Waals surface area contributed by atoms with Crippen LogP contribution in [0, 0.1) is 0 Å². The molecule has 0 saturated heterocycles. The van der Waals surface area contributed by atoms with E-state index in [1.165, 1.54) is 0 Å². The molecule has 4 heteroatoms. The Balaban J connectivity index is 2.15. The molecule has 1 aromatic heterocycles. The SMILES string of the molecule is CC(CCN(C)C)Nc1cc2ccccc2c(=O)[nH]1. The van der Waals surface area contributed by atoms with Gasteiger partial charge in [-0.25, -0.2) is 0 Å². The summed E-state index contributed by atoms with van der Waals surface area (Å²) in [6.07, 6.45) is 1.03. The summed E-state index contributed by atoms with van der Waals surface area (Å²) in [4.78, 5) is 17.0. The zero-order valence-corrected chi connectivity index (χ0v) is 11.7. The van der Waals surface area contributed by atoms with E-state index in [2.05, 4.69) is 36.2 Å². The molecule has 0 bridgehead atoms. The second-order valence-electron chi connectivity index (χ2n) is 5.24. The highest BCUT2D eigenvalue weighted by Gasteiger charge is 2.05. The van der Waals surface area contributed by atoms with Gasteiger partial charge in [0.05, 0.1) is 0 Å². The van der Waals surface area contributed by atoms with Crippen LogP contribution in [0.15, 0.2) is 35.1 Å². The van der Waals surface area contributed by atoms with E-state index in [0.29, 0.717) is 6.04 Å². The first-order chi connectivity index (χ1) is 9.06. The van der Waals surface area contributed by atoms with E-state index in [1.807, 2.05) is 30.3 Å². The van der Waals surface area contributed by atoms with Crippen LogP contribution in [-0.2, 0) is 0 Å². The van der Waals surface area contributed by atoms with Crippen LogP contribution in [-0.4, -0.2) is 36.6 Å². The van der Waals surface area contributed by atoms with Crippen molar-refractivity contribution < 1.29 is 0 Å². The topological polar surface area (TPSA) is 48.1 Å². The fraction of sp³-hybridized carbons (Fsp3) is 0.400. The van der Waals surface area contributed by atoms with Gasteiger partial charge in [-0.1, -0.05) is 18.2 Å². The van der Waals surface area contributed by atoms with Crippen LogP contribution >= 0.6 is 0 Å². The van der Waals surface area contributed by atoms with E-state index in [9.17, 15) is 4.79 Å². The summed E-state index contributed by atoms with van der Waals surface area (Å²) in [6.45, 7) is 3.14. The van der Waals surface area contributed by atoms with Gasteiger partial charge in [-0.15, -0.1) is 0 Å². The second-order valence-corrected chi connectivity index (χ2v) is 5.24. The molecule has 4 nitrogen and oxygen atoms in total. The number of fused-ring (bicyclic) bond motifs is 1. The summed E-state index contributed by atoms with van der Waals surface area (Å²) >= 11 is 0. The summed E-state index contributed by atoms with van der Waals surface area (Å²) in [5.41, 5.74) is -0.0413. The summed E-state index contributed by atoms with van der Waals surface area (Å²) in [6, 6.07) is 9.93. The molecule has 1 heterocycles. The average molecular weight is 259 g/mol. The number of aromatic amines is 1. The average Bonchev–Trinajstić information content (AvgIpc) is 2.36. The van der Waals surface area contributed by atoms with Crippen molar-refractivity contribution in [3.05, 3.63) is 40.7 Å². The van der Waals surface area contributed by atoms with Crippen molar-refractivity contribution in [1.82, 2.24) is 9.88 Å². The molecule has 2 N–H and O–H groups in total. The van der Waals surface area contributed by atoms with Crippen LogP contribution in [0.25, 0.3) is 10.8 Å². The van der Waals surface area contributed by atoms with E-state index in [0.717, 1.165) is 29.6 Å². The number of nitrogens with zero attached hydrogens (tertiary/aromatic N) is 1. The molecular formula is C15H21N3O. The Bertz CT molecular complexity index is 604. The largest absolute Gasteiger partial charge is 0.369 e. The number of H-pyrrole nitrogens is 1. The Kier molecular flexibility index (Phi) is 4.22. The van der Waals surface area contributed by atoms with Gasteiger partial charge in [0.1, 0.15) is 5.82 Å². The molecule has 0 aliphatic rings. The number of pyridine rings is 1. The molecule has 0 spiro atoms. The van der Waals surface area contributed by atoms with Gasteiger partial charge in [-0.05, 0) is 51.5 Å². The van der Waals surface area contributed by atoms with Crippen molar-refractivity contribution in [3.63, 3.8) is 0 Å². The molecule has 0 radical (unpaired) electrons. The number of hydrogen-bond donors (Lipinski definition) is 2. The maximum atomic E-state index is 11.9. The molecule has 0 aliphatic carbocycles. The minimum absolute atomic E-state index is 0.0413. The summed E-state index contributed by atoms with van der Waals surface area (Å²) in [7, 11) is 4.12. The quantitative estimate of drug-likeness (QED) is 0.866. The molecule has 0 saturated carbocycles. The van der Waals surface area contributed by atoms with E-state index in [1.54, 1.807) is 0 Å². The van der Waals surface area contributed by atoms with Gasteiger partial charge in [-0.2, -0.15) is 0 Å². The maximum Gasteiger partial charge on any atom is 0.257 e. The molecule has 0 aliphatic heterocycles. The Labute approximate surface area is 113 Å². The lowest BCUT2D eigenvalue weighted by molar-refractivity contribution is 0.390. The Morgan fingerprint density at radius 2 is 2.05 bits per heavy atom. The lowest BCUT2D eigenvalue weighted by Gasteiger charge is -2.17. The van der Waals surface area contributed by atoms with E-state index < -0.39 is 0 Å². The van der Waals surface area contributed by atoms with Crippen molar-refractivity contribution in [1.29, 1.82) is 0 Å². The van der Waals surface area contributed by atoms with Gasteiger partial charge in [0.15, 0.2) is 0 Å². The lowest BCUT2D eigenvalue weighted by atomic mass is 10.1. The number of benzene rings is 1. The molecule has 2 rings (SSSR count). The zero-order valence-electron chi connectivity index (χ0n) is 11.7. The highest BCUT2D eigenvalue weighted by atomic mass is 16.1. The van der Waals surface area contributed by atoms with Gasteiger partial charge >= 0.3 is 0 Å². The van der Waals surface area contributed by atoms with E-state index in [-0.39, 0.29) is 5.56 Å². The van der Waals surface area contributed by atoms with Gasteiger partial charge in [0.2, 0.25) is 0 Å². The Morgan fingerprint density at radius 3 is 2.79 bits per heavy atom. The summed E-state index contributed by atoms with van der Waals surface area (Å²) < 4.78 is 0. The standard InChI is InChI=1S/C15H21N3O/c1-11(8-9-18(2)3)16-14-10-12-6-4-5-7-13(12)15(19)17-14/h4-7,10-11H,8-9H2,1-3H3,(H2,16,17,19). The minimum atomic E-state index is -0.0413. The Hall–Kier alpha value is -1.81. The van der Waals surface area contributed by atoms with E-state index >= 15 is 0 Å². The predicted molar refractivity (Wildman–Crippen MR) is 80.8 cm³/mol. The molecule has 1 unspecified atom stereocenters. The highest BCUT2D eigenvalue weighted by molar-refractivity contribution is 5.83. The third kappa shape index (κ3) is 3.58.